The van der Waals surface area contributed by atoms with Crippen LogP contribution in [0.15, 0.2) is 30.0 Å². The van der Waals surface area contributed by atoms with Crippen molar-refractivity contribution in [3.63, 3.8) is 0 Å². The number of carbonyl (C=O) groups is 2. The molecular weight excluding hydrogens is 310 g/mol. The second-order valence-corrected chi connectivity index (χ2v) is 3.89. The molecular formula is C13H11F4NO4. The van der Waals surface area contributed by atoms with Crippen LogP contribution in [0.1, 0.15) is 5.56 Å². The minimum absolute atomic E-state index is 0.462. The zero-order valence-electron chi connectivity index (χ0n) is 11.5. The molecule has 0 aliphatic heterocycles. The third-order valence-electron chi connectivity index (χ3n) is 2.43. The summed E-state index contributed by atoms with van der Waals surface area (Å²) in [5, 5.41) is 2.09. The predicted octanol–water partition coefficient (Wildman–Crippen LogP) is 2.49. The first-order valence-corrected chi connectivity index (χ1v) is 5.70. The van der Waals surface area contributed by atoms with Gasteiger partial charge in [-0.15, -0.1) is 0 Å². The number of benzene rings is 1. The molecule has 5 nitrogen and oxygen atoms in total. The summed E-state index contributed by atoms with van der Waals surface area (Å²) in [7, 11) is 2.01. The molecule has 9 heteroatoms. The Morgan fingerprint density at radius 1 is 1.18 bits per heavy atom. The van der Waals surface area contributed by atoms with Gasteiger partial charge in [0.15, 0.2) is 0 Å². The fourth-order valence-electron chi connectivity index (χ4n) is 1.38. The molecule has 0 amide bonds. The van der Waals surface area contributed by atoms with E-state index in [1.165, 1.54) is 0 Å². The smallest absolute Gasteiger partial charge is 0.416 e. The summed E-state index contributed by atoms with van der Waals surface area (Å²) >= 11 is 0. The fourth-order valence-corrected chi connectivity index (χ4v) is 1.38. The van der Waals surface area contributed by atoms with Gasteiger partial charge >= 0.3 is 18.1 Å². The number of halogens is 4. The molecule has 0 fully saturated rings. The first-order chi connectivity index (χ1) is 10.2. The number of carbonyl (C=O) groups excluding carboxylic acids is 2. The molecule has 120 valence electrons. The van der Waals surface area contributed by atoms with Crippen LogP contribution in [-0.2, 0) is 25.2 Å². The molecule has 0 unspecified atom stereocenters. The van der Waals surface area contributed by atoms with Crippen molar-refractivity contribution in [3.05, 3.63) is 41.4 Å². The lowest BCUT2D eigenvalue weighted by molar-refractivity contribution is -0.138. The van der Waals surface area contributed by atoms with Crippen LogP contribution in [0.3, 0.4) is 0 Å². The van der Waals surface area contributed by atoms with Gasteiger partial charge in [-0.05, 0) is 18.2 Å². The van der Waals surface area contributed by atoms with Crippen LogP contribution in [0.25, 0.3) is 0 Å². The highest BCUT2D eigenvalue weighted by atomic mass is 19.4. The molecule has 1 aromatic rings. The maximum Gasteiger partial charge on any atom is 0.416 e. The Hall–Kier alpha value is -2.58. The summed E-state index contributed by atoms with van der Waals surface area (Å²) in [5.74, 6) is -3.10. The second kappa shape index (κ2) is 6.92. The number of hydrogen-bond acceptors (Lipinski definition) is 5. The maximum atomic E-state index is 13.6. The normalized spacial score (nSPS) is 11.8. The van der Waals surface area contributed by atoms with Crippen molar-refractivity contribution in [2.75, 3.05) is 19.5 Å². The SMILES string of the molecule is COC(=O)/C=C(/Nc1cc(C(F)(F)F)ccc1F)C(=O)OC. The molecule has 22 heavy (non-hydrogen) atoms. The second-order valence-electron chi connectivity index (χ2n) is 3.89. The predicted molar refractivity (Wildman–Crippen MR) is 67.1 cm³/mol. The Bertz CT molecular complexity index is 611. The zero-order valence-corrected chi connectivity index (χ0v) is 11.5. The summed E-state index contributed by atoms with van der Waals surface area (Å²) in [5.41, 5.74) is -2.35. The highest BCUT2D eigenvalue weighted by molar-refractivity contribution is 5.98. The standard InChI is InChI=1S/C13H11F4NO4/c1-21-11(19)6-10(12(20)22-2)18-9-5-7(13(15,16)17)3-4-8(9)14/h3-6,18H,1-2H3/b10-6+. The van der Waals surface area contributed by atoms with Gasteiger partial charge in [0.25, 0.3) is 0 Å². The molecule has 0 aliphatic rings. The molecule has 1 aromatic carbocycles. The van der Waals surface area contributed by atoms with Crippen molar-refractivity contribution in [1.82, 2.24) is 0 Å². The summed E-state index contributed by atoms with van der Waals surface area (Å²) in [6.07, 6.45) is -4.06. The van der Waals surface area contributed by atoms with E-state index in [1.807, 2.05) is 0 Å². The molecule has 0 heterocycles. The van der Waals surface area contributed by atoms with E-state index in [9.17, 15) is 27.2 Å². The number of rotatable bonds is 4. The van der Waals surface area contributed by atoms with Crippen molar-refractivity contribution < 1.29 is 36.6 Å². The molecule has 1 N–H and O–H groups in total. The average molecular weight is 321 g/mol. The molecule has 0 saturated carbocycles. The molecule has 0 atom stereocenters. The van der Waals surface area contributed by atoms with E-state index >= 15 is 0 Å². The van der Waals surface area contributed by atoms with Crippen LogP contribution >= 0.6 is 0 Å². The van der Waals surface area contributed by atoms with Gasteiger partial charge in [-0.3, -0.25) is 0 Å². The minimum atomic E-state index is -4.69. The van der Waals surface area contributed by atoms with Gasteiger partial charge in [-0.2, -0.15) is 13.2 Å². The number of anilines is 1. The number of esters is 2. The van der Waals surface area contributed by atoms with Gasteiger partial charge in [-0.1, -0.05) is 0 Å². The monoisotopic (exact) mass is 321 g/mol. The van der Waals surface area contributed by atoms with E-state index in [1.54, 1.807) is 0 Å². The highest BCUT2D eigenvalue weighted by Crippen LogP contribution is 2.32. The van der Waals surface area contributed by atoms with E-state index in [-0.39, 0.29) is 0 Å². The quantitative estimate of drug-likeness (QED) is 0.524. The van der Waals surface area contributed by atoms with Crippen LogP contribution in [0, 0.1) is 5.82 Å². The molecule has 1 rings (SSSR count). The Morgan fingerprint density at radius 3 is 2.32 bits per heavy atom. The van der Waals surface area contributed by atoms with Gasteiger partial charge in [0.2, 0.25) is 0 Å². The van der Waals surface area contributed by atoms with Gasteiger partial charge in [0.05, 0.1) is 31.5 Å². The van der Waals surface area contributed by atoms with Crippen molar-refractivity contribution in [1.29, 1.82) is 0 Å². The molecule has 0 radical (unpaired) electrons. The number of methoxy groups -OCH3 is 2. The van der Waals surface area contributed by atoms with Crippen LogP contribution in [0.4, 0.5) is 23.2 Å². The summed E-state index contributed by atoms with van der Waals surface area (Å²) in [6, 6.07) is 1.59. The summed E-state index contributed by atoms with van der Waals surface area (Å²) < 4.78 is 60.0. The largest absolute Gasteiger partial charge is 0.466 e. The van der Waals surface area contributed by atoms with E-state index in [2.05, 4.69) is 14.8 Å². The van der Waals surface area contributed by atoms with Gasteiger partial charge < -0.3 is 14.8 Å². The van der Waals surface area contributed by atoms with Gasteiger partial charge in [0, 0.05) is 0 Å². The third-order valence-corrected chi connectivity index (χ3v) is 2.43. The third kappa shape index (κ3) is 4.47. The Kier molecular flexibility index (Phi) is 5.50. The van der Waals surface area contributed by atoms with E-state index in [4.69, 9.17) is 0 Å². The molecule has 0 aromatic heterocycles. The Balaban J connectivity index is 3.21. The lowest BCUT2D eigenvalue weighted by Crippen LogP contribution is -2.16. The van der Waals surface area contributed by atoms with Crippen molar-refractivity contribution >= 4 is 17.6 Å². The zero-order chi connectivity index (χ0) is 16.9. The number of hydrogen-bond donors (Lipinski definition) is 1. The van der Waals surface area contributed by atoms with E-state index < -0.39 is 40.9 Å². The number of nitrogens with one attached hydrogen (secondary N) is 1. The summed E-state index contributed by atoms with van der Waals surface area (Å²) in [4.78, 5) is 22.6. The first-order valence-electron chi connectivity index (χ1n) is 5.70. The lowest BCUT2D eigenvalue weighted by Gasteiger charge is -2.12. The average Bonchev–Trinajstić information content (AvgIpc) is 2.46. The van der Waals surface area contributed by atoms with E-state index in [0.29, 0.717) is 24.3 Å². The molecule has 0 aliphatic carbocycles. The maximum absolute atomic E-state index is 13.6. The van der Waals surface area contributed by atoms with Crippen LogP contribution in [-0.4, -0.2) is 26.2 Å². The Morgan fingerprint density at radius 2 is 1.82 bits per heavy atom. The van der Waals surface area contributed by atoms with Crippen molar-refractivity contribution in [2.45, 2.75) is 6.18 Å². The van der Waals surface area contributed by atoms with Crippen molar-refractivity contribution in [3.8, 4) is 0 Å². The first kappa shape index (κ1) is 17.5. The minimum Gasteiger partial charge on any atom is -0.466 e. The van der Waals surface area contributed by atoms with Gasteiger partial charge in [-0.25, -0.2) is 14.0 Å². The van der Waals surface area contributed by atoms with E-state index in [0.717, 1.165) is 14.2 Å². The van der Waals surface area contributed by atoms with Crippen LogP contribution in [0.5, 0.6) is 0 Å². The molecule has 0 spiro atoms. The highest BCUT2D eigenvalue weighted by Gasteiger charge is 2.31. The molecule has 0 bridgehead atoms. The number of alkyl halides is 3. The topological polar surface area (TPSA) is 64.6 Å². The van der Waals surface area contributed by atoms with Gasteiger partial charge in [0.1, 0.15) is 11.5 Å². The lowest BCUT2D eigenvalue weighted by atomic mass is 10.2. The van der Waals surface area contributed by atoms with Crippen LogP contribution in [0.2, 0.25) is 0 Å². The molecule has 0 saturated heterocycles. The number of ether oxygens (including phenoxy) is 2. The fraction of sp³-hybridized carbons (Fsp3) is 0.231. The van der Waals surface area contributed by atoms with Crippen molar-refractivity contribution in [2.24, 2.45) is 0 Å². The summed E-state index contributed by atoms with van der Waals surface area (Å²) in [6.45, 7) is 0. The Labute approximate surface area is 122 Å². The van der Waals surface area contributed by atoms with Crippen LogP contribution < -0.4 is 5.32 Å².